The Balaban J connectivity index is 3.28. The Morgan fingerprint density at radius 3 is 2.62 bits per heavy atom. The lowest BCUT2D eigenvalue weighted by atomic mass is 10.1. The third kappa shape index (κ3) is 1.69. The number of rotatable bonds is 3. The third-order valence-corrected chi connectivity index (χ3v) is 1.76. The van der Waals surface area contributed by atoms with Crippen LogP contribution in [0.5, 0.6) is 11.5 Å². The molecule has 13 heavy (non-hydrogen) atoms. The highest BCUT2D eigenvalue weighted by Gasteiger charge is 2.09. The molecule has 0 aromatic heterocycles. The molecular weight excluding hydrogens is 168 g/mol. The highest BCUT2D eigenvalue weighted by molar-refractivity contribution is 5.80. The monoisotopic (exact) mass is 178 g/mol. The van der Waals surface area contributed by atoms with Gasteiger partial charge in [-0.15, -0.1) is 6.58 Å². The van der Waals surface area contributed by atoms with E-state index in [-0.39, 0.29) is 17.1 Å². The van der Waals surface area contributed by atoms with Crippen LogP contribution in [0.4, 0.5) is 0 Å². The molecule has 0 amide bonds. The average molecular weight is 178 g/mol. The lowest BCUT2D eigenvalue weighted by Gasteiger charge is -2.05. The first-order valence-corrected chi connectivity index (χ1v) is 3.80. The zero-order valence-electron chi connectivity index (χ0n) is 7.03. The van der Waals surface area contributed by atoms with Crippen LogP contribution in [-0.4, -0.2) is 16.5 Å². The molecule has 0 saturated heterocycles. The van der Waals surface area contributed by atoms with Gasteiger partial charge in [-0.25, -0.2) is 0 Å². The summed E-state index contributed by atoms with van der Waals surface area (Å²) in [5.41, 5.74) is 0.509. The number of allylic oxidation sites excluding steroid dienone is 1. The van der Waals surface area contributed by atoms with Crippen LogP contribution < -0.4 is 0 Å². The van der Waals surface area contributed by atoms with Crippen LogP contribution in [0.3, 0.4) is 0 Å². The van der Waals surface area contributed by atoms with Crippen molar-refractivity contribution in [3.8, 4) is 11.5 Å². The van der Waals surface area contributed by atoms with Crippen molar-refractivity contribution in [3.05, 3.63) is 35.9 Å². The number of hydrogen-bond acceptors (Lipinski definition) is 3. The van der Waals surface area contributed by atoms with Crippen LogP contribution in [0, 0.1) is 0 Å². The zero-order chi connectivity index (χ0) is 9.84. The molecule has 0 atom stereocenters. The molecule has 1 aromatic carbocycles. The molecule has 0 spiro atoms. The maximum atomic E-state index is 10.4. The van der Waals surface area contributed by atoms with Gasteiger partial charge in [0.05, 0.1) is 5.56 Å². The topological polar surface area (TPSA) is 57.5 Å². The van der Waals surface area contributed by atoms with Crippen molar-refractivity contribution in [3.63, 3.8) is 0 Å². The standard InChI is InChI=1S/C10H10O3/c1-2-3-8-9(12)5-4-7(6-11)10(8)13/h2,4-6,12-13H,1,3H2. The molecule has 0 unspecified atom stereocenters. The van der Waals surface area contributed by atoms with Crippen LogP contribution in [0.2, 0.25) is 0 Å². The van der Waals surface area contributed by atoms with E-state index >= 15 is 0 Å². The molecule has 0 saturated carbocycles. The predicted molar refractivity (Wildman–Crippen MR) is 49.1 cm³/mol. The van der Waals surface area contributed by atoms with Crippen molar-refractivity contribution in [1.29, 1.82) is 0 Å². The first-order valence-electron chi connectivity index (χ1n) is 3.80. The lowest BCUT2D eigenvalue weighted by Crippen LogP contribution is -1.89. The summed E-state index contributed by atoms with van der Waals surface area (Å²) in [5.74, 6) is -0.196. The Hall–Kier alpha value is -1.77. The van der Waals surface area contributed by atoms with E-state index in [2.05, 4.69) is 6.58 Å². The summed E-state index contributed by atoms with van der Waals surface area (Å²) in [5, 5.41) is 18.8. The van der Waals surface area contributed by atoms with E-state index in [1.54, 1.807) is 6.08 Å². The summed E-state index contributed by atoms with van der Waals surface area (Å²) in [6.07, 6.45) is 2.42. The maximum absolute atomic E-state index is 10.4. The minimum atomic E-state index is -0.171. The smallest absolute Gasteiger partial charge is 0.153 e. The van der Waals surface area contributed by atoms with Crippen molar-refractivity contribution in [2.45, 2.75) is 6.42 Å². The van der Waals surface area contributed by atoms with E-state index in [4.69, 9.17) is 0 Å². The molecule has 68 valence electrons. The van der Waals surface area contributed by atoms with Gasteiger partial charge in [0.2, 0.25) is 0 Å². The van der Waals surface area contributed by atoms with Crippen molar-refractivity contribution in [1.82, 2.24) is 0 Å². The van der Waals surface area contributed by atoms with E-state index in [0.717, 1.165) is 0 Å². The highest BCUT2D eigenvalue weighted by Crippen LogP contribution is 2.29. The second-order valence-electron chi connectivity index (χ2n) is 2.61. The SMILES string of the molecule is C=CCc1c(O)ccc(C=O)c1O. The minimum Gasteiger partial charge on any atom is -0.508 e. The number of hydrogen-bond donors (Lipinski definition) is 2. The highest BCUT2D eigenvalue weighted by atomic mass is 16.3. The van der Waals surface area contributed by atoms with Gasteiger partial charge in [-0.2, -0.15) is 0 Å². The molecule has 1 aromatic rings. The summed E-state index contributed by atoms with van der Waals surface area (Å²) in [7, 11) is 0. The average Bonchev–Trinajstić information content (AvgIpc) is 2.12. The summed E-state index contributed by atoms with van der Waals surface area (Å²) in [6, 6.07) is 2.74. The zero-order valence-corrected chi connectivity index (χ0v) is 7.03. The van der Waals surface area contributed by atoms with E-state index in [1.165, 1.54) is 12.1 Å². The molecule has 0 radical (unpaired) electrons. The Morgan fingerprint density at radius 2 is 2.08 bits per heavy atom. The molecule has 0 aliphatic rings. The van der Waals surface area contributed by atoms with Crippen molar-refractivity contribution < 1.29 is 15.0 Å². The number of aldehydes is 1. The first-order chi connectivity index (χ1) is 6.20. The van der Waals surface area contributed by atoms with Gasteiger partial charge < -0.3 is 10.2 Å². The van der Waals surface area contributed by atoms with E-state index in [0.29, 0.717) is 18.3 Å². The molecular formula is C10H10O3. The number of benzene rings is 1. The van der Waals surface area contributed by atoms with Gasteiger partial charge in [0, 0.05) is 5.56 Å². The van der Waals surface area contributed by atoms with Gasteiger partial charge in [0.1, 0.15) is 11.5 Å². The molecule has 3 heteroatoms. The fraction of sp³-hybridized carbons (Fsp3) is 0.100. The molecule has 0 fully saturated rings. The molecule has 0 aliphatic carbocycles. The second kappa shape index (κ2) is 3.76. The second-order valence-corrected chi connectivity index (χ2v) is 2.61. The van der Waals surface area contributed by atoms with Crippen LogP contribution in [0.15, 0.2) is 24.8 Å². The van der Waals surface area contributed by atoms with Gasteiger partial charge in [0.15, 0.2) is 6.29 Å². The predicted octanol–water partition coefficient (Wildman–Crippen LogP) is 1.64. The minimum absolute atomic E-state index is 0.0250. The van der Waals surface area contributed by atoms with Crippen molar-refractivity contribution in [2.75, 3.05) is 0 Å². The molecule has 2 N–H and O–H groups in total. The number of phenolic OH excluding ortho intramolecular Hbond substituents is 2. The quantitative estimate of drug-likeness (QED) is 0.546. The van der Waals surface area contributed by atoms with Crippen molar-refractivity contribution >= 4 is 6.29 Å². The van der Waals surface area contributed by atoms with Gasteiger partial charge in [-0.05, 0) is 18.6 Å². The van der Waals surface area contributed by atoms with Crippen LogP contribution in [0.25, 0.3) is 0 Å². The Morgan fingerprint density at radius 1 is 1.38 bits per heavy atom. The summed E-state index contributed by atoms with van der Waals surface area (Å²) >= 11 is 0. The van der Waals surface area contributed by atoms with Gasteiger partial charge in [-0.1, -0.05) is 6.08 Å². The first kappa shape index (κ1) is 9.32. The third-order valence-electron chi connectivity index (χ3n) is 1.76. The maximum Gasteiger partial charge on any atom is 0.153 e. The fourth-order valence-corrected chi connectivity index (χ4v) is 1.08. The summed E-state index contributed by atoms with van der Waals surface area (Å²) < 4.78 is 0. The van der Waals surface area contributed by atoms with Gasteiger partial charge >= 0.3 is 0 Å². The van der Waals surface area contributed by atoms with Crippen LogP contribution >= 0.6 is 0 Å². The van der Waals surface area contributed by atoms with Crippen LogP contribution in [0.1, 0.15) is 15.9 Å². The van der Waals surface area contributed by atoms with Gasteiger partial charge in [-0.3, -0.25) is 4.79 Å². The molecule has 1 rings (SSSR count). The van der Waals surface area contributed by atoms with Crippen molar-refractivity contribution in [2.24, 2.45) is 0 Å². The molecule has 0 heterocycles. The fourth-order valence-electron chi connectivity index (χ4n) is 1.08. The summed E-state index contributed by atoms with van der Waals surface area (Å²) in [4.78, 5) is 10.4. The number of carbonyl (C=O) groups excluding carboxylic acids is 1. The van der Waals surface area contributed by atoms with E-state index in [9.17, 15) is 15.0 Å². The summed E-state index contributed by atoms with van der Waals surface area (Å²) in [6.45, 7) is 3.48. The normalized spacial score (nSPS) is 9.54. The molecule has 3 nitrogen and oxygen atoms in total. The Labute approximate surface area is 76.0 Å². The number of phenols is 2. The molecule has 0 aliphatic heterocycles. The lowest BCUT2D eigenvalue weighted by molar-refractivity contribution is 0.112. The van der Waals surface area contributed by atoms with Crippen LogP contribution in [-0.2, 0) is 6.42 Å². The number of aromatic hydroxyl groups is 2. The van der Waals surface area contributed by atoms with E-state index in [1.807, 2.05) is 0 Å². The van der Waals surface area contributed by atoms with Gasteiger partial charge in [0.25, 0.3) is 0 Å². The Kier molecular flexibility index (Phi) is 2.69. The largest absolute Gasteiger partial charge is 0.508 e. The number of carbonyl (C=O) groups is 1. The Bertz CT molecular complexity index is 342. The molecule has 0 bridgehead atoms. The van der Waals surface area contributed by atoms with E-state index < -0.39 is 0 Å².